The lowest BCUT2D eigenvalue weighted by Crippen LogP contribution is -2.34. The number of amides is 1. The SMILES string of the molecule is CCCNS(=O)(=O)c1ccc(OCC(=O)N(Cc2ccccc2)Cc2ccccc2)c(C)c1. The molecule has 1 N–H and O–H groups in total. The molecular weight excluding hydrogens is 436 g/mol. The van der Waals surface area contributed by atoms with Gasteiger partial charge >= 0.3 is 0 Å². The number of hydrogen-bond acceptors (Lipinski definition) is 4. The third-order valence-corrected chi connectivity index (χ3v) is 6.59. The van der Waals surface area contributed by atoms with Crippen LogP contribution in [0.2, 0.25) is 0 Å². The van der Waals surface area contributed by atoms with E-state index < -0.39 is 10.0 Å². The summed E-state index contributed by atoms with van der Waals surface area (Å²) in [4.78, 5) is 15.0. The second-order valence-corrected chi connectivity index (χ2v) is 9.60. The van der Waals surface area contributed by atoms with Crippen molar-refractivity contribution in [3.8, 4) is 5.75 Å². The average molecular weight is 467 g/mol. The zero-order valence-electron chi connectivity index (χ0n) is 19.0. The monoisotopic (exact) mass is 466 g/mol. The van der Waals surface area contributed by atoms with Crippen molar-refractivity contribution in [3.05, 3.63) is 95.6 Å². The van der Waals surface area contributed by atoms with E-state index >= 15 is 0 Å². The zero-order valence-corrected chi connectivity index (χ0v) is 19.8. The summed E-state index contributed by atoms with van der Waals surface area (Å²) in [6, 6.07) is 24.3. The fourth-order valence-electron chi connectivity index (χ4n) is 3.34. The minimum atomic E-state index is -3.56. The Balaban J connectivity index is 1.70. The van der Waals surface area contributed by atoms with Crippen molar-refractivity contribution >= 4 is 15.9 Å². The molecule has 0 aliphatic heterocycles. The molecule has 3 aromatic rings. The van der Waals surface area contributed by atoms with Gasteiger partial charge in [-0.15, -0.1) is 0 Å². The highest BCUT2D eigenvalue weighted by Gasteiger charge is 2.18. The van der Waals surface area contributed by atoms with Gasteiger partial charge < -0.3 is 9.64 Å². The standard InChI is InChI=1S/C26H30N2O4S/c1-3-16-27-33(30,31)24-14-15-25(21(2)17-24)32-20-26(29)28(18-22-10-6-4-7-11-22)19-23-12-8-5-9-13-23/h4-15,17,27H,3,16,18-20H2,1-2H3. The van der Waals surface area contributed by atoms with Crippen LogP contribution in [0.1, 0.15) is 30.0 Å². The highest BCUT2D eigenvalue weighted by atomic mass is 32.2. The Morgan fingerprint density at radius 3 is 2.00 bits per heavy atom. The van der Waals surface area contributed by atoms with Crippen molar-refractivity contribution in [2.24, 2.45) is 0 Å². The molecule has 0 radical (unpaired) electrons. The van der Waals surface area contributed by atoms with Gasteiger partial charge in [0.1, 0.15) is 5.75 Å². The molecule has 174 valence electrons. The molecule has 0 aromatic heterocycles. The molecule has 0 saturated carbocycles. The van der Waals surface area contributed by atoms with Gasteiger partial charge in [0.15, 0.2) is 6.61 Å². The van der Waals surface area contributed by atoms with Crippen LogP contribution in [0.4, 0.5) is 0 Å². The van der Waals surface area contributed by atoms with Crippen LogP contribution in [-0.2, 0) is 27.9 Å². The van der Waals surface area contributed by atoms with Crippen LogP contribution in [0, 0.1) is 6.92 Å². The number of nitrogens with one attached hydrogen (secondary N) is 1. The molecule has 6 nitrogen and oxygen atoms in total. The second-order valence-electron chi connectivity index (χ2n) is 7.83. The Labute approximate surface area is 196 Å². The maximum absolute atomic E-state index is 13.1. The number of benzene rings is 3. The summed E-state index contributed by atoms with van der Waals surface area (Å²) in [7, 11) is -3.56. The van der Waals surface area contributed by atoms with Gasteiger partial charge in [-0.05, 0) is 48.2 Å². The summed E-state index contributed by atoms with van der Waals surface area (Å²) in [5.41, 5.74) is 2.72. The molecule has 0 aliphatic rings. The van der Waals surface area contributed by atoms with Gasteiger partial charge in [-0.1, -0.05) is 67.6 Å². The lowest BCUT2D eigenvalue weighted by atomic mass is 10.1. The minimum Gasteiger partial charge on any atom is -0.483 e. The smallest absolute Gasteiger partial charge is 0.261 e. The maximum atomic E-state index is 13.1. The molecule has 3 rings (SSSR count). The van der Waals surface area contributed by atoms with Crippen LogP contribution in [0.5, 0.6) is 5.75 Å². The normalized spacial score (nSPS) is 11.2. The molecule has 0 aliphatic carbocycles. The lowest BCUT2D eigenvalue weighted by molar-refractivity contribution is -0.134. The van der Waals surface area contributed by atoms with Crippen molar-refractivity contribution in [2.75, 3.05) is 13.2 Å². The fourth-order valence-corrected chi connectivity index (χ4v) is 4.56. The van der Waals surface area contributed by atoms with Crippen molar-refractivity contribution < 1.29 is 17.9 Å². The van der Waals surface area contributed by atoms with E-state index in [1.807, 2.05) is 67.6 Å². The van der Waals surface area contributed by atoms with E-state index in [0.29, 0.717) is 37.4 Å². The summed E-state index contributed by atoms with van der Waals surface area (Å²) < 4.78 is 33.0. The Kier molecular flexibility index (Phi) is 8.63. The van der Waals surface area contributed by atoms with Gasteiger partial charge in [0.25, 0.3) is 5.91 Å². The Morgan fingerprint density at radius 1 is 0.909 bits per heavy atom. The number of carbonyl (C=O) groups is 1. The quantitative estimate of drug-likeness (QED) is 0.457. The first-order valence-electron chi connectivity index (χ1n) is 11.0. The summed E-state index contributed by atoms with van der Waals surface area (Å²) in [5, 5.41) is 0. The molecule has 0 saturated heterocycles. The Bertz CT molecular complexity index is 1110. The van der Waals surface area contributed by atoms with Crippen molar-refractivity contribution in [2.45, 2.75) is 38.3 Å². The number of nitrogens with zero attached hydrogens (tertiary/aromatic N) is 1. The van der Waals surface area contributed by atoms with E-state index in [-0.39, 0.29) is 17.4 Å². The summed E-state index contributed by atoms with van der Waals surface area (Å²) >= 11 is 0. The summed E-state index contributed by atoms with van der Waals surface area (Å²) in [5.74, 6) is 0.334. The largest absolute Gasteiger partial charge is 0.483 e. The second kappa shape index (κ2) is 11.6. The van der Waals surface area contributed by atoms with Gasteiger partial charge in [0.05, 0.1) is 4.90 Å². The molecular formula is C26H30N2O4S. The molecule has 7 heteroatoms. The minimum absolute atomic E-state index is 0.138. The predicted molar refractivity (Wildman–Crippen MR) is 129 cm³/mol. The predicted octanol–water partition coefficient (Wildman–Crippen LogP) is 4.29. The van der Waals surface area contributed by atoms with Gasteiger partial charge in [-0.2, -0.15) is 0 Å². The first-order valence-corrected chi connectivity index (χ1v) is 12.5. The van der Waals surface area contributed by atoms with Crippen molar-refractivity contribution in [3.63, 3.8) is 0 Å². The third-order valence-electron chi connectivity index (χ3n) is 5.14. The van der Waals surface area contributed by atoms with E-state index in [9.17, 15) is 13.2 Å². The van der Waals surface area contributed by atoms with E-state index in [0.717, 1.165) is 11.1 Å². The first kappa shape index (κ1) is 24.5. The molecule has 1 amide bonds. The molecule has 0 spiro atoms. The van der Waals surface area contributed by atoms with Crippen LogP contribution in [0.15, 0.2) is 83.8 Å². The number of rotatable bonds is 11. The van der Waals surface area contributed by atoms with E-state index in [1.165, 1.54) is 6.07 Å². The van der Waals surface area contributed by atoms with Crippen LogP contribution in [-0.4, -0.2) is 32.4 Å². The lowest BCUT2D eigenvalue weighted by Gasteiger charge is -2.23. The Morgan fingerprint density at radius 2 is 1.48 bits per heavy atom. The summed E-state index contributed by atoms with van der Waals surface area (Å²) in [6.45, 7) is 4.85. The van der Waals surface area contributed by atoms with Gasteiger partial charge in [-0.3, -0.25) is 4.79 Å². The zero-order chi connectivity index (χ0) is 23.7. The number of hydrogen-bond donors (Lipinski definition) is 1. The number of carbonyl (C=O) groups excluding carboxylic acids is 1. The molecule has 0 unspecified atom stereocenters. The van der Waals surface area contributed by atoms with Crippen LogP contribution < -0.4 is 9.46 Å². The molecule has 33 heavy (non-hydrogen) atoms. The maximum Gasteiger partial charge on any atom is 0.261 e. The molecule has 0 bridgehead atoms. The van der Waals surface area contributed by atoms with E-state index in [2.05, 4.69) is 4.72 Å². The van der Waals surface area contributed by atoms with E-state index in [1.54, 1.807) is 24.0 Å². The van der Waals surface area contributed by atoms with Crippen LogP contribution in [0.3, 0.4) is 0 Å². The molecule has 0 fully saturated rings. The highest BCUT2D eigenvalue weighted by Crippen LogP contribution is 2.22. The summed E-state index contributed by atoms with van der Waals surface area (Å²) in [6.07, 6.45) is 0.712. The third kappa shape index (κ3) is 7.17. The number of sulfonamides is 1. The Hall–Kier alpha value is -3.16. The number of aryl methyl sites for hydroxylation is 1. The van der Waals surface area contributed by atoms with Crippen LogP contribution in [0.25, 0.3) is 0 Å². The average Bonchev–Trinajstić information content (AvgIpc) is 2.82. The van der Waals surface area contributed by atoms with Crippen molar-refractivity contribution in [1.29, 1.82) is 0 Å². The van der Waals surface area contributed by atoms with E-state index in [4.69, 9.17) is 4.74 Å². The van der Waals surface area contributed by atoms with Crippen molar-refractivity contribution in [1.82, 2.24) is 9.62 Å². The molecule has 0 atom stereocenters. The molecule has 0 heterocycles. The molecule has 3 aromatic carbocycles. The fraction of sp³-hybridized carbons (Fsp3) is 0.269. The highest BCUT2D eigenvalue weighted by molar-refractivity contribution is 7.89. The number of ether oxygens (including phenoxy) is 1. The van der Waals surface area contributed by atoms with Gasteiger partial charge in [0.2, 0.25) is 10.0 Å². The van der Waals surface area contributed by atoms with Crippen LogP contribution >= 0.6 is 0 Å². The topological polar surface area (TPSA) is 75.7 Å². The first-order chi connectivity index (χ1) is 15.9. The van der Waals surface area contributed by atoms with Gasteiger partial charge in [-0.25, -0.2) is 13.1 Å². The van der Waals surface area contributed by atoms with Gasteiger partial charge in [0, 0.05) is 19.6 Å².